The molecule has 3 aromatic carbocycles. The Bertz CT molecular complexity index is 2070. The third kappa shape index (κ3) is 7.24. The van der Waals surface area contributed by atoms with Gasteiger partial charge in [0.25, 0.3) is 11.5 Å². The van der Waals surface area contributed by atoms with Gasteiger partial charge in [-0.15, -0.1) is 0 Å². The van der Waals surface area contributed by atoms with E-state index in [9.17, 15) is 18.5 Å². The van der Waals surface area contributed by atoms with Gasteiger partial charge in [-0.1, -0.05) is 11.2 Å². The van der Waals surface area contributed by atoms with Crippen LogP contribution in [0.3, 0.4) is 0 Å². The predicted molar refractivity (Wildman–Crippen MR) is 182 cm³/mol. The van der Waals surface area contributed by atoms with E-state index in [0.29, 0.717) is 53.3 Å². The van der Waals surface area contributed by atoms with Crippen molar-refractivity contribution in [1.29, 1.82) is 0 Å². The van der Waals surface area contributed by atoms with Gasteiger partial charge in [0, 0.05) is 72.9 Å². The van der Waals surface area contributed by atoms with Crippen molar-refractivity contribution in [2.24, 2.45) is 0 Å². The van der Waals surface area contributed by atoms with E-state index >= 15 is 4.39 Å². The van der Waals surface area contributed by atoms with E-state index in [1.54, 1.807) is 30.6 Å². The quantitative estimate of drug-likeness (QED) is 0.152. The van der Waals surface area contributed by atoms with Crippen LogP contribution in [0.15, 0.2) is 83.9 Å². The molecular formula is C36H32F2N4O6S. The number of pyridine rings is 2. The summed E-state index contributed by atoms with van der Waals surface area (Å²) < 4.78 is 59.2. The van der Waals surface area contributed by atoms with E-state index in [0.717, 1.165) is 43.6 Å². The van der Waals surface area contributed by atoms with Crippen molar-refractivity contribution < 1.29 is 32.3 Å². The van der Waals surface area contributed by atoms with Gasteiger partial charge in [0.2, 0.25) is 0 Å². The number of rotatable bonds is 10. The highest BCUT2D eigenvalue weighted by atomic mass is 32.2. The molecule has 0 spiro atoms. The van der Waals surface area contributed by atoms with Crippen LogP contribution in [0.4, 0.5) is 14.5 Å². The number of ether oxygens (including phenoxy) is 3. The number of fused-ring (bicyclic) bond motifs is 2. The summed E-state index contributed by atoms with van der Waals surface area (Å²) in [5, 5.41) is 3.25. The first kappa shape index (κ1) is 32.6. The molecule has 252 valence electrons. The van der Waals surface area contributed by atoms with E-state index in [-0.39, 0.29) is 22.7 Å². The first-order valence-corrected chi connectivity index (χ1v) is 17.4. The highest BCUT2D eigenvalue weighted by Crippen LogP contribution is 2.34. The summed E-state index contributed by atoms with van der Waals surface area (Å²) in [5.74, 6) is 0.629. The Morgan fingerprint density at radius 2 is 1.84 bits per heavy atom. The molecule has 0 atom stereocenters. The van der Waals surface area contributed by atoms with Gasteiger partial charge in [-0.05, 0) is 61.0 Å². The van der Waals surface area contributed by atoms with Crippen LogP contribution in [0.1, 0.15) is 22.3 Å². The van der Waals surface area contributed by atoms with Crippen LogP contribution >= 0.6 is 0 Å². The average molecular weight is 687 g/mol. The molecule has 7 rings (SSSR count). The maximum atomic E-state index is 15.3. The van der Waals surface area contributed by atoms with Crippen molar-refractivity contribution in [3.63, 3.8) is 0 Å². The van der Waals surface area contributed by atoms with Crippen molar-refractivity contribution >= 4 is 33.7 Å². The molecule has 1 fully saturated rings. The number of nitrogens with zero attached hydrogens (tertiary/aromatic N) is 3. The largest absolute Gasteiger partial charge is 0.616 e. The number of nitrogens with one attached hydrogen (secondary N) is 1. The average Bonchev–Trinajstić information content (AvgIpc) is 3.57. The molecule has 0 unspecified atom stereocenters. The van der Waals surface area contributed by atoms with Crippen LogP contribution in [0.2, 0.25) is 0 Å². The normalized spacial score (nSPS) is 14.8. The number of hydrogen-bond acceptors (Lipinski definition) is 8. The summed E-state index contributed by atoms with van der Waals surface area (Å²) in [6.45, 7) is 3.40. The van der Waals surface area contributed by atoms with Crippen molar-refractivity contribution in [3.05, 3.63) is 112 Å². The summed E-state index contributed by atoms with van der Waals surface area (Å²) in [4.78, 5) is 33.6. The molecule has 13 heteroatoms. The topological polar surface area (TPSA) is 118 Å². The van der Waals surface area contributed by atoms with Gasteiger partial charge in [0.15, 0.2) is 11.6 Å². The van der Waals surface area contributed by atoms with Crippen LogP contribution in [0.5, 0.6) is 23.0 Å². The smallest absolute Gasteiger partial charge is 0.271 e. The van der Waals surface area contributed by atoms with Crippen LogP contribution in [0, 0.1) is 11.6 Å². The molecule has 5 aromatic rings. The lowest BCUT2D eigenvalue weighted by Crippen LogP contribution is -2.40. The van der Waals surface area contributed by atoms with Crippen LogP contribution in [0.25, 0.3) is 16.6 Å². The predicted octanol–water partition coefficient (Wildman–Crippen LogP) is 5.48. The number of hydrogen-bond donors (Lipinski definition) is 1. The van der Waals surface area contributed by atoms with Crippen LogP contribution in [-0.2, 0) is 17.6 Å². The Morgan fingerprint density at radius 3 is 2.63 bits per heavy atom. The number of carbonyl (C=O) groups is 1. The minimum atomic E-state index is -0.769. The van der Waals surface area contributed by atoms with Gasteiger partial charge in [-0.25, -0.2) is 8.78 Å². The van der Waals surface area contributed by atoms with Gasteiger partial charge >= 0.3 is 0 Å². The van der Waals surface area contributed by atoms with Crippen molar-refractivity contribution in [1.82, 2.24) is 14.5 Å². The fourth-order valence-electron chi connectivity index (χ4n) is 5.88. The number of anilines is 1. The Morgan fingerprint density at radius 1 is 1.02 bits per heavy atom. The Balaban J connectivity index is 1.03. The van der Waals surface area contributed by atoms with Gasteiger partial charge in [-0.3, -0.25) is 24.0 Å². The zero-order chi connectivity index (χ0) is 33.9. The fourth-order valence-corrected chi connectivity index (χ4v) is 7.01. The van der Waals surface area contributed by atoms with E-state index in [1.165, 1.54) is 41.0 Å². The SMILES string of the molecule is O=C(Nc1ccc(Oc2ccnc3cc(OCCCN4CC[S+]([O-])CC4)ccc23)c(F)c1)c1c2c(cn(-c3ccc(F)cc3)c1=O)CCO2. The van der Waals surface area contributed by atoms with Gasteiger partial charge in [0.05, 0.1) is 18.7 Å². The van der Waals surface area contributed by atoms with E-state index in [1.807, 2.05) is 6.07 Å². The Labute approximate surface area is 283 Å². The highest BCUT2D eigenvalue weighted by molar-refractivity contribution is 7.91. The van der Waals surface area contributed by atoms with E-state index < -0.39 is 34.3 Å². The molecule has 0 aliphatic carbocycles. The minimum Gasteiger partial charge on any atom is -0.616 e. The molecule has 1 N–H and O–H groups in total. The summed E-state index contributed by atoms with van der Waals surface area (Å²) in [7, 11) is 0. The molecular weight excluding hydrogens is 654 g/mol. The number of aromatic nitrogens is 2. The van der Waals surface area contributed by atoms with E-state index in [4.69, 9.17) is 14.2 Å². The number of amides is 1. The highest BCUT2D eigenvalue weighted by Gasteiger charge is 2.27. The zero-order valence-corrected chi connectivity index (χ0v) is 27.1. The Kier molecular flexibility index (Phi) is 9.47. The molecule has 2 aliphatic heterocycles. The lowest BCUT2D eigenvalue weighted by atomic mass is 10.1. The minimum absolute atomic E-state index is 0.0741. The standard InChI is InChI=1S/C36H32F2N4O6S/c37-24-2-5-26(6-3-24)42-22-23-11-17-47-34(23)33(36(42)44)35(43)40-25-4-9-32(29(38)20-25)48-31-10-12-39-30-21-27(7-8-28(30)31)46-16-1-13-41-14-18-49(45)19-15-41/h2-10,12,20-22H,1,11,13-19H2,(H,40,43). The molecule has 2 aromatic heterocycles. The van der Waals surface area contributed by atoms with Gasteiger partial charge < -0.3 is 24.1 Å². The molecule has 49 heavy (non-hydrogen) atoms. The van der Waals surface area contributed by atoms with Gasteiger partial charge in [-0.2, -0.15) is 0 Å². The van der Waals surface area contributed by atoms with Crippen molar-refractivity contribution in [3.8, 4) is 28.7 Å². The van der Waals surface area contributed by atoms with Crippen LogP contribution in [-0.4, -0.2) is 69.3 Å². The lowest BCUT2D eigenvalue weighted by molar-refractivity contribution is 0.102. The summed E-state index contributed by atoms with van der Waals surface area (Å²) in [6, 6.07) is 16.3. The Hall–Kier alpha value is -4.98. The molecule has 0 bridgehead atoms. The third-order valence-electron chi connectivity index (χ3n) is 8.43. The fraction of sp³-hybridized carbons (Fsp3) is 0.250. The maximum Gasteiger partial charge on any atom is 0.271 e. The molecule has 2 aliphatic rings. The molecule has 4 heterocycles. The molecule has 1 amide bonds. The number of benzene rings is 3. The molecule has 0 saturated carbocycles. The number of halogens is 2. The lowest BCUT2D eigenvalue weighted by Gasteiger charge is -2.27. The summed E-state index contributed by atoms with van der Waals surface area (Å²) >= 11 is -0.693. The maximum absolute atomic E-state index is 15.3. The first-order chi connectivity index (χ1) is 23.8. The monoisotopic (exact) mass is 686 g/mol. The second kappa shape index (κ2) is 14.2. The van der Waals surface area contributed by atoms with E-state index in [2.05, 4.69) is 15.2 Å². The summed E-state index contributed by atoms with van der Waals surface area (Å²) in [6.07, 6.45) is 4.47. The second-order valence-electron chi connectivity index (χ2n) is 11.7. The molecule has 0 radical (unpaired) electrons. The third-order valence-corrected chi connectivity index (χ3v) is 9.70. The summed E-state index contributed by atoms with van der Waals surface area (Å²) in [5.41, 5.74) is 0.879. The van der Waals surface area contributed by atoms with Crippen molar-refractivity contribution in [2.75, 3.05) is 49.7 Å². The van der Waals surface area contributed by atoms with Crippen LogP contribution < -0.4 is 25.1 Å². The first-order valence-electron chi connectivity index (χ1n) is 15.9. The van der Waals surface area contributed by atoms with Crippen molar-refractivity contribution in [2.45, 2.75) is 12.8 Å². The molecule has 1 saturated heterocycles. The number of carbonyl (C=O) groups excluding carboxylic acids is 1. The zero-order valence-electron chi connectivity index (χ0n) is 26.3. The second-order valence-corrected chi connectivity index (χ2v) is 13.4. The van der Waals surface area contributed by atoms with Gasteiger partial charge in [0.1, 0.15) is 40.1 Å². The molecule has 10 nitrogen and oxygen atoms in total.